The number of hydrogen-bond acceptors (Lipinski definition) is 3. The average Bonchev–Trinajstić information content (AvgIpc) is 2.48. The van der Waals surface area contributed by atoms with Gasteiger partial charge in [-0.2, -0.15) is 0 Å². The predicted octanol–water partition coefficient (Wildman–Crippen LogP) is 3.41. The van der Waals surface area contributed by atoms with Gasteiger partial charge in [0.15, 0.2) is 0 Å². The van der Waals surface area contributed by atoms with Gasteiger partial charge in [0.05, 0.1) is 26.9 Å². The lowest BCUT2D eigenvalue weighted by Gasteiger charge is -2.09. The molecule has 0 bridgehead atoms. The molecule has 1 heterocycles. The Morgan fingerprint density at radius 1 is 1.47 bits per heavy atom. The van der Waals surface area contributed by atoms with E-state index in [-0.39, 0.29) is 16.4 Å². The summed E-state index contributed by atoms with van der Waals surface area (Å²) in [7, 11) is 0. The van der Waals surface area contributed by atoms with Gasteiger partial charge in [-0.05, 0) is 31.1 Å². The topological polar surface area (TPSA) is 34.1 Å². The second kappa shape index (κ2) is 6.24. The number of rotatable bonds is 4. The van der Waals surface area contributed by atoms with Crippen molar-refractivity contribution in [1.29, 1.82) is 0 Å². The maximum atomic E-state index is 13.6. The van der Waals surface area contributed by atoms with Crippen LogP contribution >= 0.6 is 12.2 Å². The smallest absolute Gasteiger partial charge is 0.146 e. The molecule has 0 aliphatic carbocycles. The minimum absolute atomic E-state index is 0.0615. The van der Waals surface area contributed by atoms with Crippen LogP contribution in [0.15, 0.2) is 42.6 Å². The molecule has 0 amide bonds. The van der Waals surface area contributed by atoms with Gasteiger partial charge >= 0.3 is 0 Å². The number of ether oxygens (including phenoxy) is 1. The van der Waals surface area contributed by atoms with E-state index in [9.17, 15) is 4.39 Å². The highest BCUT2D eigenvalue weighted by Gasteiger charge is 2.06. The lowest BCUT2D eigenvalue weighted by molar-refractivity contribution is 0.339. The van der Waals surface area contributed by atoms with Crippen molar-refractivity contribution in [2.24, 2.45) is 0 Å². The first-order chi connectivity index (χ1) is 11.1. The van der Waals surface area contributed by atoms with Gasteiger partial charge in [0, 0.05) is 4.11 Å². The van der Waals surface area contributed by atoms with Crippen LogP contribution in [0.2, 0.25) is 0 Å². The molecule has 2 rings (SSSR count). The number of thiocarbonyl (C=S) groups is 1. The number of para-hydroxylation sites is 1. The highest BCUT2D eigenvalue weighted by atomic mass is 32.1. The van der Waals surface area contributed by atoms with E-state index in [1.165, 1.54) is 24.3 Å². The molecule has 0 unspecified atom stereocenters. The highest BCUT2D eigenvalue weighted by Crippen LogP contribution is 2.15. The summed E-state index contributed by atoms with van der Waals surface area (Å²) in [5.41, 5.74) is 0.499. The largest absolute Gasteiger partial charge is 0.492 e. The van der Waals surface area contributed by atoms with Gasteiger partial charge < -0.3 is 10.1 Å². The number of nitrogens with one attached hydrogen (secondary N) is 1. The molecule has 1 N–H and O–H groups in total. The van der Waals surface area contributed by atoms with Crippen molar-refractivity contribution in [3.8, 4) is 5.75 Å². The van der Waals surface area contributed by atoms with Crippen molar-refractivity contribution >= 4 is 22.9 Å². The molecule has 0 spiro atoms. The van der Waals surface area contributed by atoms with Crippen LogP contribution in [0.5, 0.6) is 5.75 Å². The molecule has 0 saturated carbocycles. The first-order valence-electron chi connectivity index (χ1n) is 7.81. The molecule has 5 heteroatoms. The van der Waals surface area contributed by atoms with Gasteiger partial charge in [-0.25, -0.2) is 9.37 Å². The summed E-state index contributed by atoms with van der Waals surface area (Å²) in [6.07, 6.45) is 1.15. The van der Waals surface area contributed by atoms with Crippen LogP contribution in [-0.4, -0.2) is 16.5 Å². The monoisotopic (exact) mass is 281 g/mol. The molecule has 0 radical (unpaired) electrons. The molecule has 0 fully saturated rings. The summed E-state index contributed by atoms with van der Waals surface area (Å²) in [5, 5.41) is 2.71. The van der Waals surface area contributed by atoms with Crippen LogP contribution in [0.1, 0.15) is 19.4 Å². The van der Waals surface area contributed by atoms with Crippen LogP contribution in [-0.2, 0) is 0 Å². The Morgan fingerprint density at radius 3 is 3.00 bits per heavy atom. The highest BCUT2D eigenvalue weighted by molar-refractivity contribution is 7.81. The van der Waals surface area contributed by atoms with Crippen molar-refractivity contribution in [2.45, 2.75) is 6.85 Å². The number of halogens is 1. The minimum Gasteiger partial charge on any atom is -0.492 e. The van der Waals surface area contributed by atoms with E-state index < -0.39 is 19.2 Å². The Morgan fingerprint density at radius 2 is 2.32 bits per heavy atom. The summed E-state index contributed by atoms with van der Waals surface area (Å²) in [4.78, 5) is 4.13. The quantitative estimate of drug-likeness (QED) is 0.871. The molecule has 0 saturated heterocycles. The third-order valence-electron chi connectivity index (χ3n) is 2.26. The molecule has 1 aromatic heterocycles. The van der Waals surface area contributed by atoms with Gasteiger partial charge in [-0.15, -0.1) is 0 Å². The number of anilines is 1. The van der Waals surface area contributed by atoms with E-state index in [1.807, 2.05) is 0 Å². The summed E-state index contributed by atoms with van der Waals surface area (Å²) in [6.45, 7) is -5.78. The fraction of sp³-hybridized carbons (Fsp3) is 0.143. The van der Waals surface area contributed by atoms with Gasteiger partial charge in [-0.1, -0.05) is 24.4 Å². The zero-order valence-electron chi connectivity index (χ0n) is 14.7. The molecular weight excluding hydrogens is 263 g/mol. The van der Waals surface area contributed by atoms with Crippen LogP contribution in [0.4, 0.5) is 10.1 Å². The first-order valence-corrected chi connectivity index (χ1v) is 5.72. The molecule has 0 aliphatic rings. The van der Waals surface area contributed by atoms with Crippen LogP contribution in [0.25, 0.3) is 0 Å². The summed E-state index contributed by atoms with van der Waals surface area (Å²) < 4.78 is 54.5. The first kappa shape index (κ1) is 8.22. The fourth-order valence-corrected chi connectivity index (χ4v) is 1.61. The molecule has 0 aliphatic heterocycles. The van der Waals surface area contributed by atoms with Crippen LogP contribution < -0.4 is 10.1 Å². The SMILES string of the molecule is [2H]C([2H])([2H])C([2H])([2H])Oc1ccc(C(=S)Nc2ccccc2F)nc1. The molecule has 2 aromatic rings. The Labute approximate surface area is 123 Å². The van der Waals surface area contributed by atoms with E-state index in [4.69, 9.17) is 23.8 Å². The normalized spacial score (nSPS) is 15.3. The van der Waals surface area contributed by atoms with E-state index in [0.717, 1.165) is 6.20 Å². The van der Waals surface area contributed by atoms with Crippen molar-refractivity contribution in [2.75, 3.05) is 11.9 Å². The lowest BCUT2D eigenvalue weighted by atomic mass is 10.3. The summed E-state index contributed by atoms with van der Waals surface area (Å²) in [6, 6.07) is 8.75. The zero-order chi connectivity index (χ0) is 18.0. The lowest BCUT2D eigenvalue weighted by Crippen LogP contribution is -2.13. The van der Waals surface area contributed by atoms with Gasteiger partial charge in [0.2, 0.25) is 0 Å². The molecular formula is C14H13FN2OS. The molecule has 0 atom stereocenters. The third kappa shape index (κ3) is 3.48. The number of hydrogen-bond donors (Lipinski definition) is 1. The number of benzene rings is 1. The fourth-order valence-electron chi connectivity index (χ4n) is 1.38. The predicted molar refractivity (Wildman–Crippen MR) is 77.1 cm³/mol. The second-order valence-electron chi connectivity index (χ2n) is 3.52. The molecule has 19 heavy (non-hydrogen) atoms. The Balaban J connectivity index is 2.09. The zero-order valence-corrected chi connectivity index (χ0v) is 10.5. The van der Waals surface area contributed by atoms with Crippen molar-refractivity contribution in [3.05, 3.63) is 54.1 Å². The van der Waals surface area contributed by atoms with E-state index >= 15 is 0 Å². The van der Waals surface area contributed by atoms with Gasteiger partial charge in [0.1, 0.15) is 16.6 Å². The molecule has 98 valence electrons. The number of nitrogens with zero attached hydrogens (tertiary/aromatic N) is 1. The third-order valence-corrected chi connectivity index (χ3v) is 2.57. The summed E-state index contributed by atoms with van der Waals surface area (Å²) in [5.74, 6) is -0.528. The van der Waals surface area contributed by atoms with E-state index in [0.29, 0.717) is 5.69 Å². The van der Waals surface area contributed by atoms with Crippen LogP contribution in [0, 0.1) is 5.82 Å². The molecule has 1 aromatic carbocycles. The van der Waals surface area contributed by atoms with Crippen molar-refractivity contribution in [1.82, 2.24) is 4.98 Å². The minimum atomic E-state index is -2.94. The second-order valence-corrected chi connectivity index (χ2v) is 3.93. The van der Waals surface area contributed by atoms with Gasteiger partial charge in [0.25, 0.3) is 0 Å². The number of pyridine rings is 1. The average molecular weight is 281 g/mol. The number of aromatic nitrogens is 1. The Hall–Kier alpha value is -2.01. The summed E-state index contributed by atoms with van der Waals surface area (Å²) >= 11 is 5.13. The molecule has 3 nitrogen and oxygen atoms in total. The van der Waals surface area contributed by atoms with Crippen molar-refractivity contribution in [3.63, 3.8) is 0 Å². The Bertz CT molecular complexity index is 737. The standard InChI is InChI=1S/C14H13FN2OS/c1-2-18-10-7-8-13(16-9-10)14(19)17-12-6-4-3-5-11(12)15/h3-9H,2H2,1H3,(H,17,19)/i1D3,2D2. The van der Waals surface area contributed by atoms with E-state index in [2.05, 4.69) is 10.3 Å². The van der Waals surface area contributed by atoms with Crippen molar-refractivity contribution < 1.29 is 16.0 Å². The van der Waals surface area contributed by atoms with Gasteiger partial charge in [-0.3, -0.25) is 0 Å². The maximum absolute atomic E-state index is 13.6. The maximum Gasteiger partial charge on any atom is 0.146 e. The van der Waals surface area contributed by atoms with E-state index in [1.54, 1.807) is 12.1 Å². The Kier molecular flexibility index (Phi) is 2.70. The van der Waals surface area contributed by atoms with Crippen LogP contribution in [0.3, 0.4) is 0 Å².